The van der Waals surface area contributed by atoms with Gasteiger partial charge in [0.15, 0.2) is 17.5 Å². The van der Waals surface area contributed by atoms with E-state index in [9.17, 15) is 0 Å². The summed E-state index contributed by atoms with van der Waals surface area (Å²) in [6, 6.07) is 51.0. The van der Waals surface area contributed by atoms with Gasteiger partial charge in [-0.1, -0.05) is 115 Å². The zero-order valence-corrected chi connectivity index (χ0v) is 27.1. The quantitative estimate of drug-likeness (QED) is 0.191. The van der Waals surface area contributed by atoms with Gasteiger partial charge in [-0.3, -0.25) is 0 Å². The minimum absolute atomic E-state index is 0.655. The van der Waals surface area contributed by atoms with Crippen LogP contribution in [0.25, 0.3) is 96.7 Å². The Morgan fingerprint density at radius 2 is 1.02 bits per heavy atom. The molecule has 0 spiro atoms. The van der Waals surface area contributed by atoms with E-state index in [1.807, 2.05) is 18.2 Å². The average molecular weight is 649 g/mol. The standard InChI is InChI=1S/C42H24N4S2/c1-2-11-27(12-3-1)39-44-40(30-19-17-25-9-4-6-13-28(25)21-30)46-41(45-39)32-15-8-16-35-38(32)33-23-34-37(24-36(33)47-35)48-42(43-34)31-20-18-26-10-5-7-14-29(26)22-31/h1-24H. The fourth-order valence-electron chi connectivity index (χ4n) is 6.55. The predicted octanol–water partition coefficient (Wildman–Crippen LogP) is 11.8. The molecule has 224 valence electrons. The molecule has 0 amide bonds. The average Bonchev–Trinajstić information content (AvgIpc) is 3.74. The molecule has 0 aliphatic carbocycles. The number of nitrogens with zero attached hydrogens (tertiary/aromatic N) is 4. The second-order valence-corrected chi connectivity index (χ2v) is 14.0. The topological polar surface area (TPSA) is 51.6 Å². The Bertz CT molecular complexity index is 2850. The largest absolute Gasteiger partial charge is 0.236 e. The van der Waals surface area contributed by atoms with Crippen molar-refractivity contribution in [2.45, 2.75) is 0 Å². The molecule has 0 saturated carbocycles. The van der Waals surface area contributed by atoms with Gasteiger partial charge in [0.2, 0.25) is 0 Å². The molecule has 0 unspecified atom stereocenters. The third-order valence-electron chi connectivity index (χ3n) is 8.92. The first-order valence-corrected chi connectivity index (χ1v) is 17.4. The van der Waals surface area contributed by atoms with E-state index < -0.39 is 0 Å². The van der Waals surface area contributed by atoms with Gasteiger partial charge in [0.25, 0.3) is 0 Å². The van der Waals surface area contributed by atoms with Crippen LogP contribution < -0.4 is 0 Å². The number of benzene rings is 7. The van der Waals surface area contributed by atoms with Gasteiger partial charge in [0, 0.05) is 42.4 Å². The van der Waals surface area contributed by atoms with E-state index in [4.69, 9.17) is 19.9 Å². The maximum Gasteiger partial charge on any atom is 0.164 e. The van der Waals surface area contributed by atoms with E-state index in [1.165, 1.54) is 35.6 Å². The van der Waals surface area contributed by atoms with Gasteiger partial charge in [-0.15, -0.1) is 22.7 Å². The molecule has 10 aromatic rings. The summed E-state index contributed by atoms with van der Waals surface area (Å²) >= 11 is 3.55. The molecule has 6 heteroatoms. The lowest BCUT2D eigenvalue weighted by atomic mass is 10.0. The fourth-order valence-corrected chi connectivity index (χ4v) is 8.76. The summed E-state index contributed by atoms with van der Waals surface area (Å²) < 4.78 is 3.61. The maximum atomic E-state index is 5.14. The lowest BCUT2D eigenvalue weighted by Crippen LogP contribution is -2.00. The summed E-state index contributed by atoms with van der Waals surface area (Å²) in [5, 5.41) is 8.14. The molecule has 0 atom stereocenters. The number of hydrogen-bond acceptors (Lipinski definition) is 6. The minimum Gasteiger partial charge on any atom is -0.236 e. The van der Waals surface area contributed by atoms with Crippen LogP contribution >= 0.6 is 22.7 Å². The molecule has 48 heavy (non-hydrogen) atoms. The third-order valence-corrected chi connectivity index (χ3v) is 11.1. The Balaban J connectivity index is 1.16. The second-order valence-electron chi connectivity index (χ2n) is 11.9. The van der Waals surface area contributed by atoms with Crippen molar-refractivity contribution in [2.24, 2.45) is 0 Å². The summed E-state index contributed by atoms with van der Waals surface area (Å²) in [4.78, 5) is 20.4. The maximum absolute atomic E-state index is 5.14. The van der Waals surface area contributed by atoms with E-state index in [1.54, 1.807) is 22.7 Å². The molecule has 3 aromatic heterocycles. The van der Waals surface area contributed by atoms with Gasteiger partial charge in [-0.25, -0.2) is 19.9 Å². The Morgan fingerprint density at radius 3 is 1.79 bits per heavy atom. The van der Waals surface area contributed by atoms with E-state index >= 15 is 0 Å². The van der Waals surface area contributed by atoms with Crippen molar-refractivity contribution in [1.29, 1.82) is 0 Å². The summed E-state index contributed by atoms with van der Waals surface area (Å²) in [6.45, 7) is 0. The third kappa shape index (κ3) is 4.57. The first-order chi connectivity index (χ1) is 23.7. The molecule has 0 saturated heterocycles. The van der Waals surface area contributed by atoms with Gasteiger partial charge < -0.3 is 0 Å². The summed E-state index contributed by atoms with van der Waals surface area (Å²) in [7, 11) is 0. The van der Waals surface area contributed by atoms with Gasteiger partial charge in [0.05, 0.1) is 10.2 Å². The molecule has 3 heterocycles. The lowest BCUT2D eigenvalue weighted by molar-refractivity contribution is 1.08. The van der Waals surface area contributed by atoms with Crippen molar-refractivity contribution in [1.82, 2.24) is 19.9 Å². The Kier molecular flexibility index (Phi) is 6.19. The van der Waals surface area contributed by atoms with Crippen LogP contribution in [0.5, 0.6) is 0 Å². The van der Waals surface area contributed by atoms with Crippen molar-refractivity contribution < 1.29 is 0 Å². The highest BCUT2D eigenvalue weighted by Gasteiger charge is 2.18. The van der Waals surface area contributed by atoms with E-state index in [0.717, 1.165) is 43.6 Å². The fraction of sp³-hybridized carbons (Fsp3) is 0. The number of thiophene rings is 1. The highest BCUT2D eigenvalue weighted by molar-refractivity contribution is 7.26. The normalized spacial score (nSPS) is 11.8. The number of hydrogen-bond donors (Lipinski definition) is 0. The molecule has 10 rings (SSSR count). The number of thiazole rings is 1. The summed E-state index contributed by atoms with van der Waals surface area (Å²) in [6.07, 6.45) is 0. The lowest BCUT2D eigenvalue weighted by Gasteiger charge is -2.10. The van der Waals surface area contributed by atoms with Crippen LogP contribution in [0.2, 0.25) is 0 Å². The molecular weight excluding hydrogens is 625 g/mol. The van der Waals surface area contributed by atoms with Crippen LogP contribution in [0.3, 0.4) is 0 Å². The van der Waals surface area contributed by atoms with Gasteiger partial charge >= 0.3 is 0 Å². The Labute approximate surface area is 283 Å². The van der Waals surface area contributed by atoms with Crippen molar-refractivity contribution in [3.63, 3.8) is 0 Å². The highest BCUT2D eigenvalue weighted by Crippen LogP contribution is 2.43. The number of rotatable bonds is 4. The van der Waals surface area contributed by atoms with Gasteiger partial charge in [-0.05, 0) is 51.9 Å². The van der Waals surface area contributed by atoms with Crippen LogP contribution in [0.1, 0.15) is 0 Å². The van der Waals surface area contributed by atoms with Crippen LogP contribution in [0.15, 0.2) is 146 Å². The molecule has 0 bridgehead atoms. The minimum atomic E-state index is 0.655. The first kappa shape index (κ1) is 27.3. The number of fused-ring (bicyclic) bond motifs is 6. The van der Waals surface area contributed by atoms with Crippen molar-refractivity contribution >= 4 is 74.6 Å². The van der Waals surface area contributed by atoms with Gasteiger partial charge in [-0.2, -0.15) is 0 Å². The molecule has 0 aliphatic rings. The highest BCUT2D eigenvalue weighted by atomic mass is 32.1. The van der Waals surface area contributed by atoms with Crippen molar-refractivity contribution in [2.75, 3.05) is 0 Å². The predicted molar refractivity (Wildman–Crippen MR) is 203 cm³/mol. The Hall–Kier alpha value is -5.82. The van der Waals surface area contributed by atoms with Crippen LogP contribution in [0, 0.1) is 0 Å². The molecule has 0 radical (unpaired) electrons. The summed E-state index contributed by atoms with van der Waals surface area (Å²) in [5.74, 6) is 1.97. The number of aromatic nitrogens is 4. The van der Waals surface area contributed by atoms with E-state index in [0.29, 0.717) is 17.5 Å². The van der Waals surface area contributed by atoms with Crippen LogP contribution in [-0.2, 0) is 0 Å². The van der Waals surface area contributed by atoms with E-state index in [2.05, 4.69) is 127 Å². The second kappa shape index (κ2) is 10.9. The molecular formula is C42H24N4S2. The van der Waals surface area contributed by atoms with Crippen molar-refractivity contribution in [3.8, 4) is 44.7 Å². The SMILES string of the molecule is c1ccc(-c2nc(-c3ccc4ccccc4c3)nc(-c3cccc4sc5cc6sc(-c7ccc8ccccc8c7)nc6cc5c34)n2)cc1. The molecule has 4 nitrogen and oxygen atoms in total. The first-order valence-electron chi connectivity index (χ1n) is 15.8. The molecule has 7 aromatic carbocycles. The summed E-state index contributed by atoms with van der Waals surface area (Å²) in [5.41, 5.74) is 5.05. The molecule has 0 aliphatic heterocycles. The smallest absolute Gasteiger partial charge is 0.164 e. The van der Waals surface area contributed by atoms with Gasteiger partial charge in [0.1, 0.15) is 5.01 Å². The van der Waals surface area contributed by atoms with Crippen molar-refractivity contribution in [3.05, 3.63) is 146 Å². The van der Waals surface area contributed by atoms with Crippen LogP contribution in [-0.4, -0.2) is 19.9 Å². The van der Waals surface area contributed by atoms with Crippen LogP contribution in [0.4, 0.5) is 0 Å². The molecule has 0 N–H and O–H groups in total. The molecule has 0 fully saturated rings. The zero-order valence-electron chi connectivity index (χ0n) is 25.5. The Morgan fingerprint density at radius 1 is 0.375 bits per heavy atom. The van der Waals surface area contributed by atoms with E-state index in [-0.39, 0.29) is 0 Å². The zero-order chi connectivity index (χ0) is 31.6. The monoisotopic (exact) mass is 648 g/mol.